The predicted molar refractivity (Wildman–Crippen MR) is 127 cm³/mol. The summed E-state index contributed by atoms with van der Waals surface area (Å²) in [5.74, 6) is 1.66. The van der Waals surface area contributed by atoms with E-state index in [4.69, 9.17) is 21.1 Å². The van der Waals surface area contributed by atoms with E-state index in [1.165, 1.54) is 12.0 Å². The van der Waals surface area contributed by atoms with Gasteiger partial charge in [0.25, 0.3) is 0 Å². The number of hydrogen-bond acceptors (Lipinski definition) is 5. The van der Waals surface area contributed by atoms with Crippen molar-refractivity contribution in [3.63, 3.8) is 0 Å². The summed E-state index contributed by atoms with van der Waals surface area (Å²) in [5, 5.41) is 8.49. The average molecular weight is 469 g/mol. The summed E-state index contributed by atoms with van der Waals surface area (Å²) in [6, 6.07) is 15.2. The molecular formula is C26H30ClFN4O. The molecule has 7 heteroatoms. The minimum atomic E-state index is -0.144. The zero-order valence-corrected chi connectivity index (χ0v) is 19.5. The van der Waals surface area contributed by atoms with Gasteiger partial charge < -0.3 is 14.7 Å². The highest BCUT2D eigenvalue weighted by Gasteiger charge is 2.44. The van der Waals surface area contributed by atoms with Crippen LogP contribution in [0, 0.1) is 5.82 Å². The van der Waals surface area contributed by atoms with Gasteiger partial charge in [0.15, 0.2) is 5.82 Å². The van der Waals surface area contributed by atoms with Gasteiger partial charge in [-0.1, -0.05) is 53.5 Å². The van der Waals surface area contributed by atoms with Gasteiger partial charge in [-0.2, -0.15) is 4.98 Å². The highest BCUT2D eigenvalue weighted by atomic mass is 35.5. The third-order valence-electron chi connectivity index (χ3n) is 7.31. The number of rotatable bonds is 8. The third kappa shape index (κ3) is 4.84. The molecule has 0 spiro atoms. The average Bonchev–Trinajstić information content (AvgIpc) is 3.27. The van der Waals surface area contributed by atoms with Crippen LogP contribution in [0.2, 0.25) is 5.02 Å². The Hall–Kier alpha value is -2.28. The van der Waals surface area contributed by atoms with E-state index in [1.54, 1.807) is 12.1 Å². The molecule has 174 valence electrons. The Morgan fingerprint density at radius 3 is 2.55 bits per heavy atom. The first-order chi connectivity index (χ1) is 16.1. The molecule has 0 amide bonds. The van der Waals surface area contributed by atoms with E-state index in [-0.39, 0.29) is 11.2 Å². The summed E-state index contributed by atoms with van der Waals surface area (Å²) in [4.78, 5) is 7.15. The SMILES string of the molecule is Fc1ccccc1C1CCN(CCNCc2nc(C3(c4ccc(Cl)cc4)CCC3)no2)CC1. The summed E-state index contributed by atoms with van der Waals surface area (Å²) in [7, 11) is 0. The van der Waals surface area contributed by atoms with Crippen molar-refractivity contribution in [2.24, 2.45) is 0 Å². The maximum atomic E-state index is 14.0. The van der Waals surface area contributed by atoms with Crippen molar-refractivity contribution < 1.29 is 8.91 Å². The van der Waals surface area contributed by atoms with Gasteiger partial charge in [-0.25, -0.2) is 4.39 Å². The number of piperidine rings is 1. The molecule has 2 heterocycles. The molecule has 5 rings (SSSR count). The van der Waals surface area contributed by atoms with Crippen molar-refractivity contribution in [2.45, 2.75) is 50.0 Å². The molecule has 1 N–H and O–H groups in total. The van der Waals surface area contributed by atoms with Gasteiger partial charge in [0.05, 0.1) is 12.0 Å². The molecule has 1 aromatic heterocycles. The lowest BCUT2D eigenvalue weighted by Crippen LogP contribution is -2.38. The second kappa shape index (κ2) is 9.92. The van der Waals surface area contributed by atoms with Crippen LogP contribution in [0.5, 0.6) is 0 Å². The highest BCUT2D eigenvalue weighted by Crippen LogP contribution is 2.47. The van der Waals surface area contributed by atoms with E-state index in [9.17, 15) is 4.39 Å². The quantitative estimate of drug-likeness (QED) is 0.454. The zero-order valence-electron chi connectivity index (χ0n) is 18.8. The summed E-state index contributed by atoms with van der Waals surface area (Å²) in [6.45, 7) is 4.36. The summed E-state index contributed by atoms with van der Waals surface area (Å²) >= 11 is 6.06. The van der Waals surface area contributed by atoms with Crippen LogP contribution in [0.15, 0.2) is 53.1 Å². The van der Waals surface area contributed by atoms with Crippen LogP contribution in [-0.4, -0.2) is 41.2 Å². The van der Waals surface area contributed by atoms with Gasteiger partial charge in [0.1, 0.15) is 5.82 Å². The van der Waals surface area contributed by atoms with E-state index in [0.29, 0.717) is 18.4 Å². The van der Waals surface area contributed by atoms with Crippen LogP contribution >= 0.6 is 11.6 Å². The molecule has 2 aromatic carbocycles. The number of benzene rings is 2. The van der Waals surface area contributed by atoms with Crippen LogP contribution in [0.3, 0.4) is 0 Å². The molecule has 0 bridgehead atoms. The van der Waals surface area contributed by atoms with Crippen molar-refractivity contribution in [3.05, 3.63) is 82.2 Å². The lowest BCUT2D eigenvalue weighted by atomic mass is 9.64. The molecule has 0 unspecified atom stereocenters. The summed E-state index contributed by atoms with van der Waals surface area (Å²) < 4.78 is 19.6. The van der Waals surface area contributed by atoms with Gasteiger partial charge in [-0.05, 0) is 74.0 Å². The molecule has 5 nitrogen and oxygen atoms in total. The van der Waals surface area contributed by atoms with Gasteiger partial charge in [-0.3, -0.25) is 0 Å². The van der Waals surface area contributed by atoms with Crippen LogP contribution in [0.1, 0.15) is 60.9 Å². The maximum Gasteiger partial charge on any atom is 0.240 e. The Balaban J connectivity index is 1.08. The molecule has 2 aliphatic rings. The molecule has 3 aromatic rings. The lowest BCUT2D eigenvalue weighted by Gasteiger charge is -2.39. The lowest BCUT2D eigenvalue weighted by molar-refractivity contribution is 0.210. The molecule has 0 radical (unpaired) electrons. The van der Waals surface area contributed by atoms with Crippen LogP contribution in [0.25, 0.3) is 0 Å². The van der Waals surface area contributed by atoms with Crippen molar-refractivity contribution in [3.8, 4) is 0 Å². The topological polar surface area (TPSA) is 54.2 Å². The summed E-state index contributed by atoms with van der Waals surface area (Å²) in [6.07, 6.45) is 5.23. The smallest absolute Gasteiger partial charge is 0.240 e. The second-order valence-electron chi connectivity index (χ2n) is 9.27. The minimum absolute atomic E-state index is 0.0729. The van der Waals surface area contributed by atoms with E-state index in [0.717, 1.165) is 68.3 Å². The molecule has 1 aliphatic carbocycles. The Morgan fingerprint density at radius 1 is 1.09 bits per heavy atom. The fraction of sp³-hybridized carbons (Fsp3) is 0.462. The van der Waals surface area contributed by atoms with E-state index in [1.807, 2.05) is 24.3 Å². The Morgan fingerprint density at radius 2 is 1.85 bits per heavy atom. The number of hydrogen-bond donors (Lipinski definition) is 1. The zero-order chi connectivity index (χ0) is 22.7. The van der Waals surface area contributed by atoms with E-state index in [2.05, 4.69) is 27.5 Å². The third-order valence-corrected chi connectivity index (χ3v) is 7.57. The van der Waals surface area contributed by atoms with Crippen LogP contribution < -0.4 is 5.32 Å². The van der Waals surface area contributed by atoms with Crippen molar-refractivity contribution >= 4 is 11.6 Å². The Kier molecular flexibility index (Phi) is 6.76. The fourth-order valence-corrected chi connectivity index (χ4v) is 5.29. The molecular weight excluding hydrogens is 439 g/mol. The van der Waals surface area contributed by atoms with Crippen LogP contribution in [-0.2, 0) is 12.0 Å². The molecule has 2 fully saturated rings. The molecule has 1 saturated carbocycles. The number of aromatic nitrogens is 2. The first-order valence-electron chi connectivity index (χ1n) is 11.9. The van der Waals surface area contributed by atoms with Gasteiger partial charge in [0.2, 0.25) is 5.89 Å². The molecule has 0 atom stereocenters. The van der Waals surface area contributed by atoms with E-state index >= 15 is 0 Å². The van der Waals surface area contributed by atoms with Gasteiger partial charge >= 0.3 is 0 Å². The highest BCUT2D eigenvalue weighted by molar-refractivity contribution is 6.30. The Bertz CT molecular complexity index is 1060. The van der Waals surface area contributed by atoms with E-state index < -0.39 is 0 Å². The minimum Gasteiger partial charge on any atom is -0.338 e. The maximum absolute atomic E-state index is 14.0. The standard InChI is InChI=1S/C26H30ClFN4O/c27-21-8-6-20(7-9-21)26(12-3-13-26)25-30-24(33-31-25)18-29-14-17-32-15-10-19(11-16-32)22-4-1-2-5-23(22)28/h1-2,4-9,19,29H,3,10-18H2. The van der Waals surface area contributed by atoms with Gasteiger partial charge in [-0.15, -0.1) is 0 Å². The first kappa shape index (κ1) is 22.5. The second-order valence-corrected chi connectivity index (χ2v) is 9.70. The number of likely N-dealkylation sites (tertiary alicyclic amines) is 1. The largest absolute Gasteiger partial charge is 0.338 e. The molecule has 1 saturated heterocycles. The number of nitrogens with one attached hydrogen (secondary N) is 1. The molecule has 1 aliphatic heterocycles. The summed E-state index contributed by atoms with van der Waals surface area (Å²) in [5.41, 5.74) is 1.93. The predicted octanol–water partition coefficient (Wildman–Crippen LogP) is 5.30. The molecule has 33 heavy (non-hydrogen) atoms. The van der Waals surface area contributed by atoms with Gasteiger partial charge in [0, 0.05) is 18.1 Å². The number of halogens is 2. The van der Waals surface area contributed by atoms with Crippen molar-refractivity contribution in [1.29, 1.82) is 0 Å². The number of nitrogens with zero attached hydrogens (tertiary/aromatic N) is 3. The van der Waals surface area contributed by atoms with Crippen molar-refractivity contribution in [1.82, 2.24) is 20.4 Å². The normalized spacial score (nSPS) is 18.8. The van der Waals surface area contributed by atoms with Crippen LogP contribution in [0.4, 0.5) is 4.39 Å². The monoisotopic (exact) mass is 468 g/mol. The fourth-order valence-electron chi connectivity index (χ4n) is 5.17. The first-order valence-corrected chi connectivity index (χ1v) is 12.3. The van der Waals surface area contributed by atoms with Crippen molar-refractivity contribution in [2.75, 3.05) is 26.2 Å². The Labute approximate surface area is 199 Å².